The van der Waals surface area contributed by atoms with Crippen LogP contribution in [-0.4, -0.2) is 30.9 Å². The fourth-order valence-electron chi connectivity index (χ4n) is 2.74. The molecule has 0 amide bonds. The Morgan fingerprint density at radius 3 is 2.58 bits per heavy atom. The van der Waals surface area contributed by atoms with Gasteiger partial charge in [0.2, 0.25) is 0 Å². The van der Waals surface area contributed by atoms with Crippen molar-refractivity contribution in [1.82, 2.24) is 4.98 Å². The van der Waals surface area contributed by atoms with E-state index in [0.29, 0.717) is 0 Å². The van der Waals surface area contributed by atoms with E-state index in [9.17, 15) is 26.7 Å². The first-order chi connectivity index (χ1) is 12.1. The minimum atomic E-state index is -3.98. The number of sulfone groups is 1. The molecule has 3 atom stereocenters. The molecule has 0 radical (unpaired) electrons. The lowest BCUT2D eigenvalue weighted by molar-refractivity contribution is 0.0453. The number of halogens is 3. The topological polar surface area (TPSA) is 100 Å². The van der Waals surface area contributed by atoms with E-state index in [1.54, 1.807) is 6.07 Å². The maximum Gasteiger partial charge on any atom is 0.193 e. The smallest absolute Gasteiger partial charge is 0.193 e. The van der Waals surface area contributed by atoms with Crippen molar-refractivity contribution in [1.29, 1.82) is 5.26 Å². The van der Waals surface area contributed by atoms with Gasteiger partial charge in [-0.25, -0.2) is 26.6 Å². The fraction of sp³-hybridized carbons (Fsp3) is 0.250. The molecule has 0 unspecified atom stereocenters. The maximum atomic E-state index is 14.4. The van der Waals surface area contributed by atoms with Crippen LogP contribution < -0.4 is 4.74 Å². The summed E-state index contributed by atoms with van der Waals surface area (Å²) in [7, 11) is -3.98. The van der Waals surface area contributed by atoms with Gasteiger partial charge in [-0.05, 0) is 12.1 Å². The lowest BCUT2D eigenvalue weighted by atomic mass is 10.1. The number of fused-ring (bicyclic) bond motifs is 1. The highest BCUT2D eigenvalue weighted by atomic mass is 32.2. The second kappa shape index (κ2) is 6.26. The van der Waals surface area contributed by atoms with Crippen molar-refractivity contribution in [3.63, 3.8) is 0 Å². The van der Waals surface area contributed by atoms with Crippen LogP contribution in [-0.2, 0) is 9.84 Å². The highest BCUT2D eigenvalue weighted by molar-refractivity contribution is 7.90. The molecule has 1 aromatic heterocycles. The van der Waals surface area contributed by atoms with Gasteiger partial charge in [-0.3, -0.25) is 0 Å². The molecule has 0 fully saturated rings. The molecule has 1 aromatic carbocycles. The van der Waals surface area contributed by atoms with Gasteiger partial charge in [0.25, 0.3) is 0 Å². The van der Waals surface area contributed by atoms with E-state index in [2.05, 4.69) is 4.98 Å². The first-order valence-corrected chi connectivity index (χ1v) is 9.10. The number of pyridine rings is 1. The molecule has 1 aliphatic rings. The molecule has 136 valence electrons. The van der Waals surface area contributed by atoms with Crippen molar-refractivity contribution < 1.29 is 31.4 Å². The molecule has 1 heterocycles. The molecule has 0 bridgehead atoms. The third-order valence-electron chi connectivity index (χ3n) is 3.82. The summed E-state index contributed by atoms with van der Waals surface area (Å²) >= 11 is 0. The van der Waals surface area contributed by atoms with Crippen molar-refractivity contribution in [3.05, 3.63) is 46.9 Å². The normalized spacial score (nSPS) is 21.9. The predicted octanol–water partition coefficient (Wildman–Crippen LogP) is 2.68. The molecule has 1 N–H and O–H groups in total. The number of aliphatic hydroxyl groups excluding tert-OH is 1. The second-order valence-electron chi connectivity index (χ2n) is 5.71. The second-order valence-corrected chi connectivity index (χ2v) is 7.64. The van der Waals surface area contributed by atoms with E-state index < -0.39 is 50.3 Å². The van der Waals surface area contributed by atoms with Crippen LogP contribution in [0.25, 0.3) is 0 Å². The van der Waals surface area contributed by atoms with Crippen LogP contribution in [0, 0.1) is 17.1 Å². The summed E-state index contributed by atoms with van der Waals surface area (Å²) in [5.41, 5.74) is -1.11. The molecule has 3 rings (SSSR count). The summed E-state index contributed by atoms with van der Waals surface area (Å²) < 4.78 is 70.8. The molecule has 1 aliphatic carbocycles. The van der Waals surface area contributed by atoms with E-state index in [0.717, 1.165) is 30.7 Å². The van der Waals surface area contributed by atoms with Crippen LogP contribution in [0.2, 0.25) is 0 Å². The molecule has 0 saturated heterocycles. The number of nitriles is 1. The van der Waals surface area contributed by atoms with Gasteiger partial charge < -0.3 is 9.84 Å². The Balaban J connectivity index is 2.17. The van der Waals surface area contributed by atoms with Gasteiger partial charge in [0.15, 0.2) is 33.0 Å². The molecule has 0 aliphatic heterocycles. The average Bonchev–Trinajstić information content (AvgIpc) is 2.79. The van der Waals surface area contributed by atoms with Crippen LogP contribution in [0.15, 0.2) is 29.4 Å². The van der Waals surface area contributed by atoms with Crippen LogP contribution in [0.1, 0.15) is 29.0 Å². The Labute approximate surface area is 146 Å². The lowest BCUT2D eigenvalue weighted by Crippen LogP contribution is -2.12. The largest absolute Gasteiger partial charge is 0.455 e. The van der Waals surface area contributed by atoms with Gasteiger partial charge in [-0.2, -0.15) is 5.26 Å². The quantitative estimate of drug-likeness (QED) is 0.873. The molecule has 0 saturated carbocycles. The van der Waals surface area contributed by atoms with Crippen LogP contribution >= 0.6 is 0 Å². The Kier molecular flexibility index (Phi) is 4.37. The Morgan fingerprint density at radius 2 is 1.96 bits per heavy atom. The number of nitrogens with zero attached hydrogens (tertiary/aromatic N) is 2. The summed E-state index contributed by atoms with van der Waals surface area (Å²) in [6, 6.07) is 4.72. The summed E-state index contributed by atoms with van der Waals surface area (Å²) in [6.07, 6.45) is -5.17. The van der Waals surface area contributed by atoms with Crippen molar-refractivity contribution in [2.75, 3.05) is 6.26 Å². The monoisotopic (exact) mass is 384 g/mol. The number of rotatable bonds is 3. The Hall–Kier alpha value is -2.64. The third-order valence-corrected chi connectivity index (χ3v) is 4.85. The fourth-order valence-corrected chi connectivity index (χ4v) is 3.62. The van der Waals surface area contributed by atoms with Crippen LogP contribution in [0.4, 0.5) is 13.2 Å². The number of hydrogen-bond donors (Lipinski definition) is 1. The number of ether oxygens (including phenoxy) is 1. The molecule has 10 heteroatoms. The zero-order valence-electron chi connectivity index (χ0n) is 13.1. The van der Waals surface area contributed by atoms with Gasteiger partial charge in [-0.1, -0.05) is 0 Å². The van der Waals surface area contributed by atoms with Crippen LogP contribution in [0.3, 0.4) is 0 Å². The Bertz CT molecular complexity index is 1040. The minimum absolute atomic E-state index is 0.0717. The SMILES string of the molecule is CS(=O)(=O)c1ncc(Oc2cc(F)cc(C#N)c2)c2c1[C@H](O)[C@H](F)[C@@H]2F. The summed E-state index contributed by atoms with van der Waals surface area (Å²) in [5.74, 6) is -1.37. The van der Waals surface area contributed by atoms with Gasteiger partial charge in [0.1, 0.15) is 17.7 Å². The van der Waals surface area contributed by atoms with E-state index >= 15 is 0 Å². The first kappa shape index (κ1) is 18.2. The van der Waals surface area contributed by atoms with Crippen molar-refractivity contribution in [2.45, 2.75) is 23.5 Å². The number of alkyl halides is 2. The number of aromatic nitrogens is 1. The number of aliphatic hydroxyl groups is 1. The zero-order chi connectivity index (χ0) is 19.2. The van der Waals surface area contributed by atoms with Gasteiger partial charge in [0.05, 0.1) is 17.8 Å². The highest BCUT2D eigenvalue weighted by Crippen LogP contribution is 2.50. The Morgan fingerprint density at radius 1 is 1.27 bits per heavy atom. The van der Waals surface area contributed by atoms with Crippen molar-refractivity contribution in [2.24, 2.45) is 0 Å². The van der Waals surface area contributed by atoms with Gasteiger partial charge in [-0.15, -0.1) is 0 Å². The molecule has 2 aromatic rings. The van der Waals surface area contributed by atoms with Crippen molar-refractivity contribution in [3.8, 4) is 17.6 Å². The molecular weight excluding hydrogens is 373 g/mol. The summed E-state index contributed by atoms with van der Waals surface area (Å²) in [6.45, 7) is 0. The summed E-state index contributed by atoms with van der Waals surface area (Å²) in [5, 5.41) is 18.1. The number of hydrogen-bond acceptors (Lipinski definition) is 6. The van der Waals surface area contributed by atoms with Gasteiger partial charge in [0, 0.05) is 23.4 Å². The molecular formula is C16H11F3N2O4S. The molecule has 0 spiro atoms. The first-order valence-electron chi connectivity index (χ1n) is 7.21. The van der Waals surface area contributed by atoms with E-state index in [-0.39, 0.29) is 17.1 Å². The number of benzene rings is 1. The lowest BCUT2D eigenvalue weighted by Gasteiger charge is -2.14. The summed E-state index contributed by atoms with van der Waals surface area (Å²) in [4.78, 5) is 3.64. The maximum absolute atomic E-state index is 14.4. The standard InChI is InChI=1S/C16H11F3N2O4S/c1-26(23,24)16-12-11(13(18)14(19)15(12)22)10(6-21-16)25-9-3-7(5-20)2-8(17)4-9/h2-4,6,13-15,22H,1H3/t13-,14-,15+/m1/s1. The van der Waals surface area contributed by atoms with Crippen molar-refractivity contribution >= 4 is 9.84 Å². The van der Waals surface area contributed by atoms with E-state index in [1.807, 2.05) is 0 Å². The van der Waals surface area contributed by atoms with E-state index in [1.165, 1.54) is 0 Å². The molecule has 26 heavy (non-hydrogen) atoms. The average molecular weight is 384 g/mol. The van der Waals surface area contributed by atoms with Crippen LogP contribution in [0.5, 0.6) is 11.5 Å². The van der Waals surface area contributed by atoms with E-state index in [4.69, 9.17) is 10.00 Å². The predicted molar refractivity (Wildman–Crippen MR) is 82.2 cm³/mol. The highest BCUT2D eigenvalue weighted by Gasteiger charge is 2.46. The molecule has 6 nitrogen and oxygen atoms in total. The van der Waals surface area contributed by atoms with Gasteiger partial charge >= 0.3 is 0 Å². The zero-order valence-corrected chi connectivity index (χ0v) is 14.0. The third kappa shape index (κ3) is 3.00. The minimum Gasteiger partial charge on any atom is -0.455 e.